The number of aromatic nitrogens is 2. The molecule has 21 heavy (non-hydrogen) atoms. The van der Waals surface area contributed by atoms with Gasteiger partial charge in [-0.25, -0.2) is 13.1 Å². The minimum absolute atomic E-state index is 0.0869. The van der Waals surface area contributed by atoms with Crippen molar-refractivity contribution in [2.75, 3.05) is 5.73 Å². The number of nitrogen functional groups attached to an aromatic ring is 1. The maximum atomic E-state index is 12.1. The number of benzene rings is 1. The van der Waals surface area contributed by atoms with E-state index < -0.39 is 10.0 Å². The Hall–Kier alpha value is -1.86. The summed E-state index contributed by atoms with van der Waals surface area (Å²) in [4.78, 5) is 0. The lowest BCUT2D eigenvalue weighted by molar-refractivity contribution is 0.580. The molecule has 1 heterocycles. The predicted molar refractivity (Wildman–Crippen MR) is 83.0 cm³/mol. The third-order valence-electron chi connectivity index (χ3n) is 3.44. The van der Waals surface area contributed by atoms with Crippen LogP contribution in [-0.4, -0.2) is 18.2 Å². The van der Waals surface area contributed by atoms with Gasteiger partial charge in [0.25, 0.3) is 0 Å². The van der Waals surface area contributed by atoms with E-state index in [-0.39, 0.29) is 12.3 Å². The zero-order valence-corrected chi connectivity index (χ0v) is 13.2. The summed E-state index contributed by atoms with van der Waals surface area (Å²) in [6.07, 6.45) is 0. The molecule has 6 nitrogen and oxygen atoms in total. The average Bonchev–Trinajstić information content (AvgIpc) is 2.60. The maximum Gasteiger partial charge on any atom is 0.216 e. The van der Waals surface area contributed by atoms with Gasteiger partial charge in [-0.3, -0.25) is 4.68 Å². The van der Waals surface area contributed by atoms with Crippen LogP contribution in [0.1, 0.15) is 22.5 Å². The highest BCUT2D eigenvalue weighted by molar-refractivity contribution is 7.88. The number of nitrogens with one attached hydrogen (secondary N) is 1. The molecule has 0 atom stereocenters. The van der Waals surface area contributed by atoms with Crippen molar-refractivity contribution in [3.8, 4) is 0 Å². The number of sulfonamides is 1. The Labute approximate surface area is 125 Å². The molecule has 0 aliphatic carbocycles. The summed E-state index contributed by atoms with van der Waals surface area (Å²) < 4.78 is 28.6. The summed E-state index contributed by atoms with van der Waals surface area (Å²) in [6.45, 7) is 4.03. The summed E-state index contributed by atoms with van der Waals surface area (Å²) in [5, 5.41) is 4.27. The minimum Gasteiger partial charge on any atom is -0.399 e. The fourth-order valence-corrected chi connectivity index (χ4v) is 3.29. The van der Waals surface area contributed by atoms with E-state index in [2.05, 4.69) is 9.82 Å². The molecule has 0 saturated heterocycles. The van der Waals surface area contributed by atoms with Crippen LogP contribution in [0, 0.1) is 13.8 Å². The minimum atomic E-state index is -3.42. The molecule has 0 amide bonds. The normalized spacial score (nSPS) is 11.8. The molecule has 0 bridgehead atoms. The monoisotopic (exact) mass is 308 g/mol. The van der Waals surface area contributed by atoms with Gasteiger partial charge in [-0.2, -0.15) is 5.10 Å². The van der Waals surface area contributed by atoms with Crippen LogP contribution in [0.25, 0.3) is 0 Å². The van der Waals surface area contributed by atoms with E-state index in [4.69, 9.17) is 5.73 Å². The fraction of sp³-hybridized carbons (Fsp3) is 0.357. The number of nitrogens with two attached hydrogens (primary N) is 1. The third-order valence-corrected chi connectivity index (χ3v) is 4.73. The van der Waals surface area contributed by atoms with Crippen molar-refractivity contribution in [2.45, 2.75) is 26.1 Å². The topological polar surface area (TPSA) is 90.0 Å². The number of aryl methyl sites for hydroxylation is 2. The Balaban J connectivity index is 2.08. The van der Waals surface area contributed by atoms with E-state index in [1.807, 2.05) is 20.9 Å². The maximum absolute atomic E-state index is 12.1. The molecule has 0 spiro atoms. The van der Waals surface area contributed by atoms with Gasteiger partial charge in [0, 0.05) is 30.5 Å². The quantitative estimate of drug-likeness (QED) is 0.813. The Morgan fingerprint density at radius 1 is 1.33 bits per heavy atom. The first kappa shape index (κ1) is 15.5. The Morgan fingerprint density at radius 2 is 2.05 bits per heavy atom. The molecule has 114 valence electrons. The van der Waals surface area contributed by atoms with Crippen LogP contribution in [0.2, 0.25) is 0 Å². The zero-order valence-electron chi connectivity index (χ0n) is 12.4. The summed E-state index contributed by atoms with van der Waals surface area (Å²) in [6, 6.07) is 6.89. The third kappa shape index (κ3) is 3.83. The highest BCUT2D eigenvalue weighted by atomic mass is 32.2. The Kier molecular flexibility index (Phi) is 4.34. The van der Waals surface area contributed by atoms with Gasteiger partial charge in [0.2, 0.25) is 10.0 Å². The molecule has 1 aromatic carbocycles. The standard InChI is InChI=1S/C14H20N4O2S/c1-10-14(11(2)18(3)17-10)8-16-21(19,20)9-12-5-4-6-13(15)7-12/h4-7,16H,8-9,15H2,1-3H3. The SMILES string of the molecule is Cc1nn(C)c(C)c1CNS(=O)(=O)Cc1cccc(N)c1. The lowest BCUT2D eigenvalue weighted by Crippen LogP contribution is -2.25. The van der Waals surface area contributed by atoms with E-state index in [1.54, 1.807) is 28.9 Å². The van der Waals surface area contributed by atoms with Gasteiger partial charge in [-0.15, -0.1) is 0 Å². The summed E-state index contributed by atoms with van der Waals surface area (Å²) >= 11 is 0. The number of hydrogen-bond acceptors (Lipinski definition) is 4. The largest absolute Gasteiger partial charge is 0.399 e. The summed E-state index contributed by atoms with van der Waals surface area (Å²) in [5.41, 5.74) is 9.59. The molecule has 0 aliphatic rings. The number of rotatable bonds is 5. The van der Waals surface area contributed by atoms with Gasteiger partial charge in [-0.1, -0.05) is 12.1 Å². The lowest BCUT2D eigenvalue weighted by atomic mass is 10.2. The van der Waals surface area contributed by atoms with Crippen molar-refractivity contribution in [3.63, 3.8) is 0 Å². The Morgan fingerprint density at radius 3 is 2.62 bits per heavy atom. The van der Waals surface area contributed by atoms with Crippen molar-refractivity contribution in [2.24, 2.45) is 7.05 Å². The first-order valence-corrected chi connectivity index (χ1v) is 8.24. The predicted octanol–water partition coefficient (Wildman–Crippen LogP) is 1.24. The van der Waals surface area contributed by atoms with Crippen LogP contribution in [0.5, 0.6) is 0 Å². The van der Waals surface area contributed by atoms with Crippen molar-refractivity contribution >= 4 is 15.7 Å². The molecule has 3 N–H and O–H groups in total. The van der Waals surface area contributed by atoms with Gasteiger partial charge < -0.3 is 5.73 Å². The van der Waals surface area contributed by atoms with Gasteiger partial charge >= 0.3 is 0 Å². The zero-order chi connectivity index (χ0) is 15.6. The van der Waals surface area contributed by atoms with Crippen LogP contribution in [-0.2, 0) is 29.4 Å². The van der Waals surface area contributed by atoms with Crippen LogP contribution >= 0.6 is 0 Å². The molecule has 0 unspecified atom stereocenters. The van der Waals surface area contributed by atoms with Gasteiger partial charge in [0.05, 0.1) is 11.4 Å². The van der Waals surface area contributed by atoms with Crippen LogP contribution < -0.4 is 10.5 Å². The highest BCUT2D eigenvalue weighted by Crippen LogP contribution is 2.13. The second-order valence-electron chi connectivity index (χ2n) is 5.10. The fourth-order valence-electron chi connectivity index (χ4n) is 2.21. The first-order chi connectivity index (χ1) is 9.78. The molecule has 0 aliphatic heterocycles. The second kappa shape index (κ2) is 5.87. The molecule has 0 fully saturated rings. The van der Waals surface area contributed by atoms with Crippen LogP contribution in [0.15, 0.2) is 24.3 Å². The molecular weight excluding hydrogens is 288 g/mol. The molecule has 2 aromatic rings. The average molecular weight is 308 g/mol. The van der Waals surface area contributed by atoms with Gasteiger partial charge in [0.1, 0.15) is 0 Å². The molecule has 2 rings (SSSR count). The molecule has 7 heteroatoms. The van der Waals surface area contributed by atoms with Crippen LogP contribution in [0.4, 0.5) is 5.69 Å². The Bertz CT molecular complexity index is 750. The number of nitrogens with zero attached hydrogens (tertiary/aromatic N) is 2. The van der Waals surface area contributed by atoms with Crippen molar-refractivity contribution in [1.82, 2.24) is 14.5 Å². The first-order valence-electron chi connectivity index (χ1n) is 6.59. The molecular formula is C14H20N4O2S. The second-order valence-corrected chi connectivity index (χ2v) is 6.91. The highest BCUT2D eigenvalue weighted by Gasteiger charge is 2.15. The molecule has 1 aromatic heterocycles. The molecule has 0 saturated carbocycles. The van der Waals surface area contributed by atoms with Crippen molar-refractivity contribution < 1.29 is 8.42 Å². The number of anilines is 1. The van der Waals surface area contributed by atoms with E-state index in [9.17, 15) is 8.42 Å². The van der Waals surface area contributed by atoms with E-state index >= 15 is 0 Å². The number of hydrogen-bond donors (Lipinski definition) is 2. The van der Waals surface area contributed by atoms with Crippen molar-refractivity contribution in [1.29, 1.82) is 0 Å². The van der Waals surface area contributed by atoms with Gasteiger partial charge in [-0.05, 0) is 31.5 Å². The molecule has 0 radical (unpaired) electrons. The summed E-state index contributed by atoms with van der Waals surface area (Å²) in [7, 11) is -1.58. The van der Waals surface area contributed by atoms with Gasteiger partial charge in [0.15, 0.2) is 0 Å². The lowest BCUT2D eigenvalue weighted by Gasteiger charge is -2.08. The van der Waals surface area contributed by atoms with Crippen LogP contribution in [0.3, 0.4) is 0 Å². The van der Waals surface area contributed by atoms with E-state index in [1.165, 1.54) is 0 Å². The smallest absolute Gasteiger partial charge is 0.216 e. The van der Waals surface area contributed by atoms with E-state index in [0.29, 0.717) is 11.3 Å². The summed E-state index contributed by atoms with van der Waals surface area (Å²) in [5.74, 6) is -0.0869. The van der Waals surface area contributed by atoms with Crippen molar-refractivity contribution in [3.05, 3.63) is 46.8 Å². The van der Waals surface area contributed by atoms with E-state index in [0.717, 1.165) is 17.0 Å².